The summed E-state index contributed by atoms with van der Waals surface area (Å²) in [7, 11) is 0. The van der Waals surface area contributed by atoms with Crippen molar-refractivity contribution in [2.24, 2.45) is 0 Å². The van der Waals surface area contributed by atoms with Crippen LogP contribution in [-0.4, -0.2) is 23.2 Å². The summed E-state index contributed by atoms with van der Waals surface area (Å²) in [4.78, 5) is 17.6. The van der Waals surface area contributed by atoms with Gasteiger partial charge < -0.3 is 10.1 Å². The van der Waals surface area contributed by atoms with E-state index in [4.69, 9.17) is 15.6 Å². The van der Waals surface area contributed by atoms with E-state index in [1.54, 1.807) is 29.8 Å². The molecule has 0 radical (unpaired) electrons. The van der Waals surface area contributed by atoms with Crippen LogP contribution in [-0.2, 0) is 16.0 Å². The Hall–Kier alpha value is -3.58. The second kappa shape index (κ2) is 10.1. The summed E-state index contributed by atoms with van der Waals surface area (Å²) in [5, 5.41) is 19.2. The maximum atomic E-state index is 12.3. The Morgan fingerprint density at radius 3 is 2.76 bits per heavy atom. The lowest BCUT2D eigenvalue weighted by molar-refractivity contribution is -0.111. The molecular formula is C22H20N4O2S. The Balaban J connectivity index is 1.59. The van der Waals surface area contributed by atoms with E-state index >= 15 is 0 Å². The Kier molecular flexibility index (Phi) is 7.02. The monoisotopic (exact) mass is 404 g/mol. The molecule has 29 heavy (non-hydrogen) atoms. The molecule has 0 bridgehead atoms. The van der Waals surface area contributed by atoms with Crippen LogP contribution in [0.25, 0.3) is 16.5 Å². The minimum absolute atomic E-state index is 0.0554. The number of aryl methyl sites for hydroxylation is 1. The second-order valence-electron chi connectivity index (χ2n) is 6.12. The molecule has 0 atom stereocenters. The van der Waals surface area contributed by atoms with Crippen LogP contribution >= 0.6 is 11.3 Å². The number of nitrogens with one attached hydrogen (secondary N) is 3. The van der Waals surface area contributed by atoms with E-state index in [0.717, 1.165) is 28.0 Å². The third-order valence-corrected chi connectivity index (χ3v) is 5.02. The molecule has 0 aliphatic rings. The zero-order chi connectivity index (χ0) is 20.5. The number of aromatic nitrogens is 1. The maximum Gasteiger partial charge on any atom is 0.248 e. The van der Waals surface area contributed by atoms with E-state index in [9.17, 15) is 4.79 Å². The molecule has 3 aromatic rings. The van der Waals surface area contributed by atoms with E-state index in [2.05, 4.69) is 10.3 Å². The van der Waals surface area contributed by atoms with Crippen LogP contribution in [0.3, 0.4) is 0 Å². The highest BCUT2D eigenvalue weighted by Gasteiger charge is 2.05. The van der Waals surface area contributed by atoms with Gasteiger partial charge in [-0.05, 0) is 47.7 Å². The highest BCUT2D eigenvalue weighted by Crippen LogP contribution is 2.28. The number of pyridine rings is 1. The summed E-state index contributed by atoms with van der Waals surface area (Å²) < 4.78 is 4.69. The first kappa shape index (κ1) is 20.2. The number of hydrogen-bond acceptors (Lipinski definition) is 6. The van der Waals surface area contributed by atoms with E-state index in [1.807, 2.05) is 47.8 Å². The number of thiophene rings is 1. The highest BCUT2D eigenvalue weighted by atomic mass is 32.1. The van der Waals surface area contributed by atoms with Crippen LogP contribution in [0.5, 0.6) is 0 Å². The number of ether oxygens (including phenoxy) is 1. The fourth-order valence-corrected chi connectivity index (χ4v) is 3.46. The number of anilines is 1. The number of benzene rings is 1. The van der Waals surface area contributed by atoms with Gasteiger partial charge >= 0.3 is 0 Å². The van der Waals surface area contributed by atoms with Crippen molar-refractivity contribution in [3.05, 3.63) is 77.4 Å². The van der Waals surface area contributed by atoms with Crippen LogP contribution in [0.4, 0.5) is 5.69 Å². The Bertz CT molecular complexity index is 1010. The number of nitrogens with zero attached hydrogens (tertiary/aromatic N) is 1. The fourth-order valence-electron chi connectivity index (χ4n) is 2.69. The predicted octanol–water partition coefficient (Wildman–Crippen LogP) is 5.00. The summed E-state index contributed by atoms with van der Waals surface area (Å²) in [5.74, 6) is -0.167. The molecule has 0 aliphatic heterocycles. The van der Waals surface area contributed by atoms with Crippen LogP contribution in [0.1, 0.15) is 17.5 Å². The van der Waals surface area contributed by atoms with Gasteiger partial charge in [0.1, 0.15) is 0 Å². The van der Waals surface area contributed by atoms with Gasteiger partial charge in [-0.15, -0.1) is 11.3 Å². The SMILES string of the molecule is N=COC(=N)CCc1ccc(NC(=O)/C=C/c2cnccc2-c2cccs2)cc1. The van der Waals surface area contributed by atoms with Crippen molar-refractivity contribution in [2.45, 2.75) is 12.8 Å². The molecule has 1 aromatic carbocycles. The average Bonchev–Trinajstić information content (AvgIpc) is 3.27. The molecule has 0 saturated carbocycles. The topological polar surface area (TPSA) is 98.9 Å². The number of carbonyl (C=O) groups is 1. The molecule has 1 amide bonds. The average molecular weight is 404 g/mol. The molecule has 0 aliphatic carbocycles. The highest BCUT2D eigenvalue weighted by molar-refractivity contribution is 7.13. The van der Waals surface area contributed by atoms with Gasteiger partial charge in [0.2, 0.25) is 5.91 Å². The van der Waals surface area contributed by atoms with Gasteiger partial charge in [0, 0.05) is 46.6 Å². The largest absolute Gasteiger partial charge is 0.433 e. The van der Waals surface area contributed by atoms with Crippen molar-refractivity contribution in [2.75, 3.05) is 5.32 Å². The lowest BCUT2D eigenvalue weighted by atomic mass is 10.1. The fraction of sp³-hybridized carbons (Fsp3) is 0.0909. The minimum Gasteiger partial charge on any atom is -0.433 e. The van der Waals surface area contributed by atoms with Gasteiger partial charge in [0.05, 0.1) is 0 Å². The molecule has 2 aromatic heterocycles. The van der Waals surface area contributed by atoms with Crippen LogP contribution in [0.2, 0.25) is 0 Å². The lowest BCUT2D eigenvalue weighted by Crippen LogP contribution is -2.08. The summed E-state index contributed by atoms with van der Waals surface area (Å²) in [6.07, 6.45) is 8.55. The standard InChI is InChI=1S/C22H20N4O2S/c23-15-28-21(24)9-5-16-3-7-18(8-4-16)26-22(27)10-6-17-14-25-12-11-19(17)20-2-1-13-29-20/h1-4,6-8,10-15,23-24H,5,9H2,(H,26,27)/b10-6+,23-15?,24-21?. The van der Waals surface area contributed by atoms with E-state index in [1.165, 1.54) is 6.08 Å². The molecule has 146 valence electrons. The molecule has 0 fully saturated rings. The van der Waals surface area contributed by atoms with Crippen molar-refractivity contribution in [3.8, 4) is 10.4 Å². The van der Waals surface area contributed by atoms with E-state index in [-0.39, 0.29) is 11.8 Å². The van der Waals surface area contributed by atoms with Crippen molar-refractivity contribution < 1.29 is 9.53 Å². The van der Waals surface area contributed by atoms with Gasteiger partial charge in [-0.3, -0.25) is 20.6 Å². The first-order valence-corrected chi connectivity index (χ1v) is 9.82. The smallest absolute Gasteiger partial charge is 0.248 e. The molecule has 0 saturated heterocycles. The third-order valence-electron chi connectivity index (χ3n) is 4.12. The Labute approximate surface area is 172 Å². The molecule has 7 heteroatoms. The summed E-state index contributed by atoms with van der Waals surface area (Å²) in [6.45, 7) is 0. The van der Waals surface area contributed by atoms with E-state index < -0.39 is 0 Å². The van der Waals surface area contributed by atoms with Gasteiger partial charge in [0.15, 0.2) is 12.3 Å². The maximum absolute atomic E-state index is 12.3. The van der Waals surface area contributed by atoms with Crippen molar-refractivity contribution >= 4 is 41.3 Å². The van der Waals surface area contributed by atoms with Crippen molar-refractivity contribution in [3.63, 3.8) is 0 Å². The van der Waals surface area contributed by atoms with Gasteiger partial charge in [0.25, 0.3) is 0 Å². The summed E-state index contributed by atoms with van der Waals surface area (Å²) in [5.41, 5.74) is 3.64. The van der Waals surface area contributed by atoms with Gasteiger partial charge in [-0.2, -0.15) is 0 Å². The molecule has 0 unspecified atom stereocenters. The number of hydrogen-bond donors (Lipinski definition) is 3. The molecule has 0 spiro atoms. The molecule has 6 nitrogen and oxygen atoms in total. The van der Waals surface area contributed by atoms with Crippen molar-refractivity contribution in [1.82, 2.24) is 4.98 Å². The molecule has 2 heterocycles. The Morgan fingerprint density at radius 1 is 1.21 bits per heavy atom. The number of carbonyl (C=O) groups excluding carboxylic acids is 1. The predicted molar refractivity (Wildman–Crippen MR) is 118 cm³/mol. The minimum atomic E-state index is -0.222. The Morgan fingerprint density at radius 2 is 2.03 bits per heavy atom. The van der Waals surface area contributed by atoms with E-state index in [0.29, 0.717) is 18.5 Å². The van der Waals surface area contributed by atoms with Gasteiger partial charge in [-0.1, -0.05) is 18.2 Å². The molecular weight excluding hydrogens is 384 g/mol. The third kappa shape index (κ3) is 5.95. The zero-order valence-corrected chi connectivity index (χ0v) is 16.4. The lowest BCUT2D eigenvalue weighted by Gasteiger charge is -2.06. The van der Waals surface area contributed by atoms with Crippen LogP contribution in [0.15, 0.2) is 66.3 Å². The second-order valence-corrected chi connectivity index (χ2v) is 7.07. The van der Waals surface area contributed by atoms with Crippen LogP contribution < -0.4 is 5.32 Å². The normalized spacial score (nSPS) is 10.6. The molecule has 3 rings (SSSR count). The first-order valence-electron chi connectivity index (χ1n) is 8.94. The number of amides is 1. The first-order chi connectivity index (χ1) is 14.2. The quantitative estimate of drug-likeness (QED) is 0.280. The molecule has 3 N–H and O–H groups in total. The summed E-state index contributed by atoms with van der Waals surface area (Å²) >= 11 is 1.64. The van der Waals surface area contributed by atoms with Gasteiger partial charge in [-0.25, -0.2) is 0 Å². The summed E-state index contributed by atoms with van der Waals surface area (Å²) in [6, 6.07) is 13.4. The van der Waals surface area contributed by atoms with Crippen LogP contribution in [0, 0.1) is 10.8 Å². The number of rotatable bonds is 8. The zero-order valence-electron chi connectivity index (χ0n) is 15.6. The van der Waals surface area contributed by atoms with Crippen molar-refractivity contribution in [1.29, 1.82) is 10.8 Å².